The van der Waals surface area contributed by atoms with E-state index in [0.29, 0.717) is 31.5 Å². The van der Waals surface area contributed by atoms with E-state index in [0.717, 1.165) is 24.9 Å². The van der Waals surface area contributed by atoms with Gasteiger partial charge < -0.3 is 15.0 Å². The predicted molar refractivity (Wildman–Crippen MR) is 94.1 cm³/mol. The molecule has 25 heavy (non-hydrogen) atoms. The summed E-state index contributed by atoms with van der Waals surface area (Å²) in [5.41, 5.74) is 1.50. The zero-order valence-corrected chi connectivity index (χ0v) is 14.9. The fourth-order valence-electron chi connectivity index (χ4n) is 3.07. The van der Waals surface area contributed by atoms with Crippen LogP contribution in [0.25, 0.3) is 0 Å². The van der Waals surface area contributed by atoms with Crippen molar-refractivity contribution in [1.82, 2.24) is 10.2 Å². The molecular formula is C19H26N2O4. The molecule has 0 radical (unpaired) electrons. The Morgan fingerprint density at radius 3 is 2.60 bits per heavy atom. The molecule has 1 unspecified atom stereocenters. The number of aryl methyl sites for hydroxylation is 1. The van der Waals surface area contributed by atoms with Crippen molar-refractivity contribution in [2.45, 2.75) is 32.6 Å². The number of carbonyl (C=O) groups is 3. The van der Waals surface area contributed by atoms with Crippen LogP contribution < -0.4 is 5.32 Å². The van der Waals surface area contributed by atoms with E-state index in [9.17, 15) is 14.4 Å². The first-order chi connectivity index (χ1) is 12.0. The van der Waals surface area contributed by atoms with Crippen molar-refractivity contribution in [3.63, 3.8) is 0 Å². The molecule has 6 heteroatoms. The maximum Gasteiger partial charge on any atom is 0.337 e. The van der Waals surface area contributed by atoms with Gasteiger partial charge in [0.1, 0.15) is 0 Å². The van der Waals surface area contributed by atoms with Crippen molar-refractivity contribution in [2.24, 2.45) is 5.92 Å². The average Bonchev–Trinajstić information content (AvgIpc) is 2.66. The van der Waals surface area contributed by atoms with Crippen LogP contribution >= 0.6 is 0 Å². The zero-order valence-electron chi connectivity index (χ0n) is 14.9. The zero-order chi connectivity index (χ0) is 18.2. The maximum atomic E-state index is 12.4. The van der Waals surface area contributed by atoms with Gasteiger partial charge in [0.25, 0.3) is 0 Å². The van der Waals surface area contributed by atoms with Gasteiger partial charge in [0.2, 0.25) is 11.8 Å². The number of amides is 2. The second-order valence-corrected chi connectivity index (χ2v) is 6.26. The van der Waals surface area contributed by atoms with E-state index in [1.165, 1.54) is 7.11 Å². The van der Waals surface area contributed by atoms with E-state index in [-0.39, 0.29) is 23.7 Å². The van der Waals surface area contributed by atoms with E-state index in [2.05, 4.69) is 10.1 Å². The summed E-state index contributed by atoms with van der Waals surface area (Å²) in [5, 5.41) is 2.84. The van der Waals surface area contributed by atoms with Crippen LogP contribution in [0.2, 0.25) is 0 Å². The lowest BCUT2D eigenvalue weighted by Crippen LogP contribution is -2.45. The molecule has 2 rings (SSSR count). The second kappa shape index (κ2) is 9.20. The monoisotopic (exact) mass is 346 g/mol. The van der Waals surface area contributed by atoms with Crippen molar-refractivity contribution in [3.05, 3.63) is 35.4 Å². The molecule has 1 N–H and O–H groups in total. The molecular weight excluding hydrogens is 320 g/mol. The van der Waals surface area contributed by atoms with Crippen LogP contribution in [0.3, 0.4) is 0 Å². The van der Waals surface area contributed by atoms with Crippen LogP contribution in [0.5, 0.6) is 0 Å². The van der Waals surface area contributed by atoms with Gasteiger partial charge in [0, 0.05) is 26.1 Å². The Morgan fingerprint density at radius 2 is 1.96 bits per heavy atom. The molecule has 0 aliphatic carbocycles. The van der Waals surface area contributed by atoms with E-state index in [4.69, 9.17) is 0 Å². The summed E-state index contributed by atoms with van der Waals surface area (Å²) in [4.78, 5) is 37.6. The summed E-state index contributed by atoms with van der Waals surface area (Å²) in [5.74, 6) is -0.353. The minimum absolute atomic E-state index is 0.0402. The minimum atomic E-state index is -0.368. The summed E-state index contributed by atoms with van der Waals surface area (Å²) >= 11 is 0. The molecule has 1 aliphatic heterocycles. The number of piperidine rings is 1. The molecule has 6 nitrogen and oxygen atoms in total. The fraction of sp³-hybridized carbons (Fsp3) is 0.526. The first-order valence-corrected chi connectivity index (χ1v) is 8.78. The number of hydrogen-bond acceptors (Lipinski definition) is 4. The van der Waals surface area contributed by atoms with Gasteiger partial charge in [-0.05, 0) is 43.9 Å². The Bertz CT molecular complexity index is 612. The lowest BCUT2D eigenvalue weighted by Gasteiger charge is -2.32. The molecule has 0 spiro atoms. The predicted octanol–water partition coefficient (Wildman–Crippen LogP) is 1.78. The molecule has 1 atom stereocenters. The van der Waals surface area contributed by atoms with E-state index >= 15 is 0 Å². The summed E-state index contributed by atoms with van der Waals surface area (Å²) in [6.07, 6.45) is 2.72. The normalized spacial score (nSPS) is 17.0. The highest BCUT2D eigenvalue weighted by molar-refractivity contribution is 5.89. The highest BCUT2D eigenvalue weighted by Crippen LogP contribution is 2.18. The topological polar surface area (TPSA) is 75.7 Å². The van der Waals surface area contributed by atoms with Crippen molar-refractivity contribution >= 4 is 17.8 Å². The number of methoxy groups -OCH3 is 1. The van der Waals surface area contributed by atoms with Crippen molar-refractivity contribution in [2.75, 3.05) is 26.7 Å². The van der Waals surface area contributed by atoms with Gasteiger partial charge in [0.15, 0.2) is 0 Å². The van der Waals surface area contributed by atoms with Gasteiger partial charge in [-0.2, -0.15) is 0 Å². The van der Waals surface area contributed by atoms with E-state index in [1.807, 2.05) is 19.1 Å². The SMILES string of the molecule is CCNC(=O)C1CCCN(C(=O)CCc2ccc(C(=O)OC)cc2)C1. The Hall–Kier alpha value is -2.37. The largest absolute Gasteiger partial charge is 0.465 e. The van der Waals surface area contributed by atoms with Crippen LogP contribution in [0.1, 0.15) is 42.1 Å². The van der Waals surface area contributed by atoms with Crippen molar-refractivity contribution in [1.29, 1.82) is 0 Å². The Morgan fingerprint density at radius 1 is 1.24 bits per heavy atom. The minimum Gasteiger partial charge on any atom is -0.465 e. The molecule has 0 saturated carbocycles. The summed E-state index contributed by atoms with van der Waals surface area (Å²) in [6, 6.07) is 7.09. The molecule has 136 valence electrons. The van der Waals surface area contributed by atoms with Crippen LogP contribution in [0.15, 0.2) is 24.3 Å². The summed E-state index contributed by atoms with van der Waals surface area (Å²) < 4.78 is 4.67. The second-order valence-electron chi connectivity index (χ2n) is 6.26. The van der Waals surface area contributed by atoms with E-state index < -0.39 is 0 Å². The fourth-order valence-corrected chi connectivity index (χ4v) is 3.07. The molecule has 1 aromatic carbocycles. The molecule has 0 aromatic heterocycles. The molecule has 0 bridgehead atoms. The molecule has 1 saturated heterocycles. The molecule has 1 fully saturated rings. The Labute approximate surface area is 148 Å². The number of ether oxygens (including phenoxy) is 1. The van der Waals surface area contributed by atoms with Gasteiger partial charge in [-0.1, -0.05) is 12.1 Å². The summed E-state index contributed by atoms with van der Waals surface area (Å²) in [6.45, 7) is 3.74. The highest BCUT2D eigenvalue weighted by Gasteiger charge is 2.27. The molecule has 1 aromatic rings. The first-order valence-electron chi connectivity index (χ1n) is 8.78. The van der Waals surface area contributed by atoms with Crippen LogP contribution in [0, 0.1) is 5.92 Å². The van der Waals surface area contributed by atoms with Crippen LogP contribution in [-0.4, -0.2) is 49.4 Å². The standard InChI is InChI=1S/C19H26N2O4/c1-3-20-18(23)16-5-4-12-21(13-16)17(22)11-8-14-6-9-15(10-7-14)19(24)25-2/h6-7,9-10,16H,3-5,8,11-13H2,1-2H3,(H,20,23). The number of carbonyl (C=O) groups excluding carboxylic acids is 3. The van der Waals surface area contributed by atoms with Crippen LogP contribution in [0.4, 0.5) is 0 Å². The van der Waals surface area contributed by atoms with Gasteiger partial charge in [0.05, 0.1) is 18.6 Å². The van der Waals surface area contributed by atoms with Gasteiger partial charge in [-0.3, -0.25) is 9.59 Å². The number of nitrogens with one attached hydrogen (secondary N) is 1. The number of rotatable bonds is 6. The van der Waals surface area contributed by atoms with Gasteiger partial charge in [-0.15, -0.1) is 0 Å². The van der Waals surface area contributed by atoms with E-state index in [1.54, 1.807) is 17.0 Å². The number of benzene rings is 1. The number of hydrogen-bond donors (Lipinski definition) is 1. The number of likely N-dealkylation sites (tertiary alicyclic amines) is 1. The lowest BCUT2D eigenvalue weighted by atomic mass is 9.96. The first kappa shape index (κ1) is 19.0. The third-order valence-corrected chi connectivity index (χ3v) is 4.50. The molecule has 1 heterocycles. The van der Waals surface area contributed by atoms with Crippen LogP contribution in [-0.2, 0) is 20.7 Å². The Kier molecular flexibility index (Phi) is 6.98. The number of nitrogens with zero attached hydrogens (tertiary/aromatic N) is 1. The van der Waals surface area contributed by atoms with Crippen molar-refractivity contribution in [3.8, 4) is 0 Å². The smallest absolute Gasteiger partial charge is 0.337 e. The average molecular weight is 346 g/mol. The van der Waals surface area contributed by atoms with Gasteiger partial charge >= 0.3 is 5.97 Å². The summed E-state index contributed by atoms with van der Waals surface area (Å²) in [7, 11) is 1.35. The van der Waals surface area contributed by atoms with Gasteiger partial charge in [-0.25, -0.2) is 4.79 Å². The third kappa shape index (κ3) is 5.31. The quantitative estimate of drug-likeness (QED) is 0.797. The molecule has 1 aliphatic rings. The highest BCUT2D eigenvalue weighted by atomic mass is 16.5. The molecule has 2 amide bonds. The Balaban J connectivity index is 1.85. The third-order valence-electron chi connectivity index (χ3n) is 4.50. The lowest BCUT2D eigenvalue weighted by molar-refractivity contribution is -0.135. The number of esters is 1. The maximum absolute atomic E-state index is 12.4. The van der Waals surface area contributed by atoms with Crippen molar-refractivity contribution < 1.29 is 19.1 Å².